The summed E-state index contributed by atoms with van der Waals surface area (Å²) in [6.45, 7) is 0.604. The first-order chi connectivity index (χ1) is 9.10. The summed E-state index contributed by atoms with van der Waals surface area (Å²) >= 11 is 6.20. The Morgan fingerprint density at radius 1 is 1.32 bits per heavy atom. The number of thiophene rings is 2. The lowest BCUT2D eigenvalue weighted by Crippen LogP contribution is -2.30. The molecule has 0 radical (unpaired) electrons. The van der Waals surface area contributed by atoms with Crippen LogP contribution in [0.4, 0.5) is 0 Å². The van der Waals surface area contributed by atoms with Gasteiger partial charge >= 0.3 is 0 Å². The van der Waals surface area contributed by atoms with Crippen molar-refractivity contribution in [1.29, 1.82) is 0 Å². The lowest BCUT2D eigenvalue weighted by molar-refractivity contribution is 0.398. The van der Waals surface area contributed by atoms with Crippen molar-refractivity contribution in [2.45, 2.75) is 23.1 Å². The fourth-order valence-corrected chi connectivity index (χ4v) is 7.21. The lowest BCUT2D eigenvalue weighted by atomic mass is 10.1. The molecule has 1 aliphatic heterocycles. The monoisotopic (exact) mass is 377 g/mol. The predicted octanol–water partition coefficient (Wildman–Crippen LogP) is 4.10. The highest BCUT2D eigenvalue weighted by Crippen LogP contribution is 2.40. The quantitative estimate of drug-likeness (QED) is 0.807. The molecule has 0 N–H and O–H groups in total. The molecule has 102 valence electrons. The summed E-state index contributed by atoms with van der Waals surface area (Å²) in [6.07, 6.45) is 1.82. The van der Waals surface area contributed by atoms with Gasteiger partial charge in [0, 0.05) is 11.0 Å². The Balaban J connectivity index is 1.99. The summed E-state index contributed by atoms with van der Waals surface area (Å²) in [7, 11) is -3.39. The number of halogens is 1. The first-order valence-electron chi connectivity index (χ1n) is 5.87. The molecule has 2 aromatic rings. The highest BCUT2D eigenvalue weighted by molar-refractivity contribution is 9.10. The van der Waals surface area contributed by atoms with Gasteiger partial charge in [0.2, 0.25) is 0 Å². The summed E-state index contributed by atoms with van der Waals surface area (Å²) in [5, 5.41) is 5.84. The van der Waals surface area contributed by atoms with Crippen LogP contribution in [0.1, 0.15) is 24.4 Å². The first kappa shape index (κ1) is 13.8. The number of hydrogen-bond acceptors (Lipinski definition) is 4. The van der Waals surface area contributed by atoms with Gasteiger partial charge in [0.05, 0.1) is 6.04 Å². The molecule has 1 fully saturated rings. The van der Waals surface area contributed by atoms with Gasteiger partial charge in [0.25, 0.3) is 10.0 Å². The Hall–Kier alpha value is -0.210. The fourth-order valence-electron chi connectivity index (χ4n) is 2.40. The molecule has 0 amide bonds. The van der Waals surface area contributed by atoms with Crippen molar-refractivity contribution in [3.63, 3.8) is 0 Å². The molecule has 3 nitrogen and oxygen atoms in total. The van der Waals surface area contributed by atoms with Crippen LogP contribution < -0.4 is 0 Å². The number of sulfonamides is 1. The van der Waals surface area contributed by atoms with Gasteiger partial charge in [-0.3, -0.25) is 0 Å². The molecule has 2 aromatic heterocycles. The largest absolute Gasteiger partial charge is 0.254 e. The zero-order chi connectivity index (χ0) is 13.5. The third kappa shape index (κ3) is 2.42. The number of rotatable bonds is 3. The molecule has 1 atom stereocenters. The van der Waals surface area contributed by atoms with E-state index in [1.54, 1.807) is 27.1 Å². The molecule has 3 heterocycles. The second-order valence-electron chi connectivity index (χ2n) is 4.39. The molecule has 7 heteroatoms. The summed E-state index contributed by atoms with van der Waals surface area (Å²) in [4.78, 5) is 0. The molecule has 3 rings (SSSR count). The van der Waals surface area contributed by atoms with Crippen molar-refractivity contribution < 1.29 is 8.42 Å². The summed E-state index contributed by atoms with van der Waals surface area (Å²) in [6, 6.07) is 3.80. The minimum atomic E-state index is -3.39. The van der Waals surface area contributed by atoms with Crippen LogP contribution in [0.25, 0.3) is 0 Å². The van der Waals surface area contributed by atoms with Crippen LogP contribution in [0, 0.1) is 0 Å². The van der Waals surface area contributed by atoms with Gasteiger partial charge in [0.15, 0.2) is 0 Å². The van der Waals surface area contributed by atoms with Gasteiger partial charge in [-0.1, -0.05) is 0 Å². The maximum absolute atomic E-state index is 12.7. The molecular weight excluding hydrogens is 366 g/mol. The zero-order valence-electron chi connectivity index (χ0n) is 9.95. The molecule has 1 saturated heterocycles. The molecule has 0 aliphatic carbocycles. The molecular formula is C12H12BrNO2S3. The Morgan fingerprint density at radius 3 is 2.79 bits per heavy atom. The highest BCUT2D eigenvalue weighted by atomic mass is 79.9. The Morgan fingerprint density at radius 2 is 2.16 bits per heavy atom. The second kappa shape index (κ2) is 5.29. The molecule has 0 aromatic carbocycles. The van der Waals surface area contributed by atoms with Crippen molar-refractivity contribution in [2.24, 2.45) is 0 Å². The van der Waals surface area contributed by atoms with E-state index in [4.69, 9.17) is 0 Å². The van der Waals surface area contributed by atoms with E-state index in [1.165, 1.54) is 11.3 Å². The van der Waals surface area contributed by atoms with Crippen molar-refractivity contribution in [3.05, 3.63) is 38.3 Å². The van der Waals surface area contributed by atoms with E-state index < -0.39 is 10.0 Å². The molecule has 1 unspecified atom stereocenters. The normalized spacial score (nSPS) is 21.0. The minimum absolute atomic E-state index is 0.00903. The van der Waals surface area contributed by atoms with E-state index in [-0.39, 0.29) is 6.04 Å². The fraction of sp³-hybridized carbons (Fsp3) is 0.333. The van der Waals surface area contributed by atoms with Crippen LogP contribution in [0.15, 0.2) is 37.0 Å². The van der Waals surface area contributed by atoms with Gasteiger partial charge < -0.3 is 0 Å². The average Bonchev–Trinajstić information content (AvgIpc) is 3.09. The minimum Gasteiger partial charge on any atom is -0.206 e. The average molecular weight is 378 g/mol. The van der Waals surface area contributed by atoms with Crippen molar-refractivity contribution in [3.8, 4) is 0 Å². The predicted molar refractivity (Wildman–Crippen MR) is 82.2 cm³/mol. The van der Waals surface area contributed by atoms with Crippen molar-refractivity contribution in [1.82, 2.24) is 4.31 Å². The SMILES string of the molecule is O=S(=O)(c1sccc1Br)N1CCCC1c1ccsc1. The Bertz CT molecular complexity index is 663. The van der Waals surface area contributed by atoms with Gasteiger partial charge in [0.1, 0.15) is 4.21 Å². The molecule has 1 aliphatic rings. The Labute approximate surface area is 129 Å². The van der Waals surface area contributed by atoms with E-state index in [0.717, 1.165) is 18.4 Å². The zero-order valence-corrected chi connectivity index (χ0v) is 14.0. The van der Waals surface area contributed by atoms with Crippen LogP contribution in [-0.4, -0.2) is 19.3 Å². The Kier molecular flexibility index (Phi) is 3.83. The van der Waals surface area contributed by atoms with Gasteiger partial charge in [-0.15, -0.1) is 11.3 Å². The highest BCUT2D eigenvalue weighted by Gasteiger charge is 2.37. The smallest absolute Gasteiger partial charge is 0.206 e. The molecule has 19 heavy (non-hydrogen) atoms. The third-order valence-electron chi connectivity index (χ3n) is 3.26. The lowest BCUT2D eigenvalue weighted by Gasteiger charge is -2.23. The van der Waals surface area contributed by atoms with E-state index in [1.807, 2.05) is 16.8 Å². The van der Waals surface area contributed by atoms with Crippen LogP contribution in [0.3, 0.4) is 0 Å². The second-order valence-corrected chi connectivity index (χ2v) is 9.02. The van der Waals surface area contributed by atoms with E-state index in [0.29, 0.717) is 15.2 Å². The van der Waals surface area contributed by atoms with Crippen LogP contribution in [0.2, 0.25) is 0 Å². The van der Waals surface area contributed by atoms with Crippen molar-refractivity contribution >= 4 is 48.6 Å². The molecule has 0 saturated carbocycles. The third-order valence-corrected chi connectivity index (χ3v) is 8.52. The summed E-state index contributed by atoms with van der Waals surface area (Å²) in [5.41, 5.74) is 1.11. The number of nitrogens with zero attached hydrogens (tertiary/aromatic N) is 1. The van der Waals surface area contributed by atoms with E-state index >= 15 is 0 Å². The summed E-state index contributed by atoms with van der Waals surface area (Å²) < 4.78 is 28.2. The molecule has 0 bridgehead atoms. The van der Waals surface area contributed by atoms with Crippen LogP contribution >= 0.6 is 38.6 Å². The molecule has 0 spiro atoms. The maximum atomic E-state index is 12.7. The standard InChI is InChI=1S/C12H12BrNO2S3/c13-10-4-7-18-12(10)19(15,16)14-5-1-2-11(14)9-3-6-17-8-9/h3-4,6-8,11H,1-2,5H2. The van der Waals surface area contributed by atoms with E-state index in [2.05, 4.69) is 15.9 Å². The number of hydrogen-bond donors (Lipinski definition) is 0. The van der Waals surface area contributed by atoms with E-state index in [9.17, 15) is 8.42 Å². The topological polar surface area (TPSA) is 37.4 Å². The maximum Gasteiger partial charge on any atom is 0.254 e. The van der Waals surface area contributed by atoms with Gasteiger partial charge in [-0.25, -0.2) is 8.42 Å². The van der Waals surface area contributed by atoms with Crippen LogP contribution in [0.5, 0.6) is 0 Å². The van der Waals surface area contributed by atoms with Gasteiger partial charge in [-0.05, 0) is 62.6 Å². The summed E-state index contributed by atoms with van der Waals surface area (Å²) in [5.74, 6) is 0. The van der Waals surface area contributed by atoms with Gasteiger partial charge in [-0.2, -0.15) is 15.6 Å². The first-order valence-corrected chi connectivity index (χ1v) is 9.93. The van der Waals surface area contributed by atoms with Crippen LogP contribution in [-0.2, 0) is 10.0 Å². The van der Waals surface area contributed by atoms with Crippen molar-refractivity contribution in [2.75, 3.05) is 6.54 Å².